The van der Waals surface area contributed by atoms with Crippen LogP contribution in [0.5, 0.6) is 0 Å². The number of benzene rings is 1. The molecule has 1 amide bonds. The standard InChI is InChI=1S/C20H28N4O/c1-4-19-21-5-6-23(19)10-7-22-8-11-24(12-9-22)20(25)18-14-16(2)13-17(3)15-18/h5-6,13-15H,4,7-12H2,1-3H3. The molecule has 1 aliphatic heterocycles. The van der Waals surface area contributed by atoms with E-state index < -0.39 is 0 Å². The van der Waals surface area contributed by atoms with Crippen LogP contribution in [0.15, 0.2) is 30.6 Å². The molecule has 0 spiro atoms. The minimum Gasteiger partial charge on any atom is -0.336 e. The van der Waals surface area contributed by atoms with Crippen molar-refractivity contribution in [3.05, 3.63) is 53.1 Å². The number of hydrogen-bond donors (Lipinski definition) is 0. The SMILES string of the molecule is CCc1nccn1CCN1CCN(C(=O)c2cc(C)cc(C)c2)CC1. The van der Waals surface area contributed by atoms with E-state index in [1.54, 1.807) is 0 Å². The van der Waals surface area contributed by atoms with E-state index in [2.05, 4.69) is 33.6 Å². The van der Waals surface area contributed by atoms with E-state index in [9.17, 15) is 4.79 Å². The van der Waals surface area contributed by atoms with E-state index in [1.807, 2.05) is 37.1 Å². The Morgan fingerprint density at radius 1 is 1.04 bits per heavy atom. The Kier molecular flexibility index (Phi) is 5.53. The fraction of sp³-hybridized carbons (Fsp3) is 0.500. The molecule has 134 valence electrons. The van der Waals surface area contributed by atoms with Gasteiger partial charge in [-0.15, -0.1) is 0 Å². The van der Waals surface area contributed by atoms with Gasteiger partial charge >= 0.3 is 0 Å². The maximum Gasteiger partial charge on any atom is 0.253 e. The van der Waals surface area contributed by atoms with E-state index in [0.717, 1.165) is 68.2 Å². The molecular formula is C20H28N4O. The van der Waals surface area contributed by atoms with Crippen molar-refractivity contribution in [3.63, 3.8) is 0 Å². The molecule has 0 atom stereocenters. The molecule has 25 heavy (non-hydrogen) atoms. The van der Waals surface area contributed by atoms with Crippen LogP contribution in [-0.2, 0) is 13.0 Å². The highest BCUT2D eigenvalue weighted by molar-refractivity contribution is 5.94. The predicted octanol–water partition coefficient (Wildman–Crippen LogP) is 2.52. The summed E-state index contributed by atoms with van der Waals surface area (Å²) >= 11 is 0. The van der Waals surface area contributed by atoms with Crippen molar-refractivity contribution < 1.29 is 4.79 Å². The van der Waals surface area contributed by atoms with Gasteiger partial charge < -0.3 is 9.47 Å². The molecule has 0 N–H and O–H groups in total. The third-order valence-corrected chi connectivity index (χ3v) is 4.90. The minimum absolute atomic E-state index is 0.161. The highest BCUT2D eigenvalue weighted by atomic mass is 16.2. The summed E-state index contributed by atoms with van der Waals surface area (Å²) in [6.45, 7) is 11.7. The fourth-order valence-electron chi connectivity index (χ4n) is 3.56. The van der Waals surface area contributed by atoms with Gasteiger partial charge in [-0.3, -0.25) is 9.69 Å². The number of nitrogens with zero attached hydrogens (tertiary/aromatic N) is 4. The van der Waals surface area contributed by atoms with Crippen molar-refractivity contribution in [2.45, 2.75) is 33.7 Å². The summed E-state index contributed by atoms with van der Waals surface area (Å²) in [5.41, 5.74) is 3.11. The lowest BCUT2D eigenvalue weighted by Crippen LogP contribution is -2.49. The first-order valence-electron chi connectivity index (χ1n) is 9.16. The number of aromatic nitrogens is 2. The fourth-order valence-corrected chi connectivity index (χ4v) is 3.56. The van der Waals surface area contributed by atoms with Gasteiger partial charge in [-0.05, 0) is 26.0 Å². The normalized spacial score (nSPS) is 15.6. The number of imidazole rings is 1. The van der Waals surface area contributed by atoms with Crippen LogP contribution in [0.1, 0.15) is 34.2 Å². The second kappa shape index (κ2) is 7.83. The second-order valence-electron chi connectivity index (χ2n) is 6.90. The van der Waals surface area contributed by atoms with Gasteiger partial charge in [-0.25, -0.2) is 4.98 Å². The van der Waals surface area contributed by atoms with Gasteiger partial charge in [-0.2, -0.15) is 0 Å². The largest absolute Gasteiger partial charge is 0.336 e. The quantitative estimate of drug-likeness (QED) is 0.840. The third kappa shape index (κ3) is 4.28. The molecule has 2 heterocycles. The summed E-state index contributed by atoms with van der Waals surface area (Å²) in [5, 5.41) is 0. The van der Waals surface area contributed by atoms with Gasteiger partial charge in [-0.1, -0.05) is 24.1 Å². The molecule has 0 saturated carbocycles. The van der Waals surface area contributed by atoms with Crippen molar-refractivity contribution in [1.82, 2.24) is 19.4 Å². The molecule has 1 fully saturated rings. The van der Waals surface area contributed by atoms with Crippen molar-refractivity contribution in [2.24, 2.45) is 0 Å². The number of rotatable bonds is 5. The first-order chi connectivity index (χ1) is 12.1. The summed E-state index contributed by atoms with van der Waals surface area (Å²) in [6, 6.07) is 6.09. The van der Waals surface area contributed by atoms with Crippen molar-refractivity contribution >= 4 is 5.91 Å². The lowest BCUT2D eigenvalue weighted by Gasteiger charge is -2.35. The van der Waals surface area contributed by atoms with Gasteiger partial charge in [0.1, 0.15) is 5.82 Å². The van der Waals surface area contributed by atoms with Crippen LogP contribution in [0.25, 0.3) is 0 Å². The van der Waals surface area contributed by atoms with Crippen LogP contribution >= 0.6 is 0 Å². The molecule has 1 aliphatic rings. The number of carbonyl (C=O) groups is 1. The Balaban J connectivity index is 1.52. The minimum atomic E-state index is 0.161. The number of amides is 1. The van der Waals surface area contributed by atoms with E-state index in [4.69, 9.17) is 0 Å². The first kappa shape index (κ1) is 17.7. The number of piperazine rings is 1. The number of carbonyl (C=O) groups excluding carboxylic acids is 1. The monoisotopic (exact) mass is 340 g/mol. The highest BCUT2D eigenvalue weighted by Crippen LogP contribution is 2.13. The zero-order valence-corrected chi connectivity index (χ0v) is 15.5. The molecule has 1 aromatic carbocycles. The van der Waals surface area contributed by atoms with Gasteiger partial charge in [0.05, 0.1) is 0 Å². The van der Waals surface area contributed by atoms with Crippen LogP contribution in [0.4, 0.5) is 0 Å². The molecule has 1 aromatic heterocycles. The molecule has 3 rings (SSSR count). The highest BCUT2D eigenvalue weighted by Gasteiger charge is 2.22. The molecule has 5 heteroatoms. The zero-order chi connectivity index (χ0) is 17.8. The van der Waals surface area contributed by atoms with Gasteiger partial charge in [0.15, 0.2) is 0 Å². The van der Waals surface area contributed by atoms with Crippen LogP contribution in [0.2, 0.25) is 0 Å². The summed E-state index contributed by atoms with van der Waals surface area (Å²) in [6.07, 6.45) is 4.89. The van der Waals surface area contributed by atoms with Gasteiger partial charge in [0.2, 0.25) is 0 Å². The van der Waals surface area contributed by atoms with Gasteiger partial charge in [0.25, 0.3) is 5.91 Å². The summed E-state index contributed by atoms with van der Waals surface area (Å²) < 4.78 is 2.23. The first-order valence-corrected chi connectivity index (χ1v) is 9.16. The molecule has 0 radical (unpaired) electrons. The molecule has 0 aliphatic carbocycles. The lowest BCUT2D eigenvalue weighted by molar-refractivity contribution is 0.0633. The maximum absolute atomic E-state index is 12.7. The Labute approximate surface area is 150 Å². The topological polar surface area (TPSA) is 41.4 Å². The molecular weight excluding hydrogens is 312 g/mol. The lowest BCUT2D eigenvalue weighted by atomic mass is 10.1. The van der Waals surface area contributed by atoms with E-state index >= 15 is 0 Å². The average molecular weight is 340 g/mol. The molecule has 0 unspecified atom stereocenters. The van der Waals surface area contributed by atoms with Crippen LogP contribution in [0, 0.1) is 13.8 Å². The number of aryl methyl sites for hydroxylation is 3. The van der Waals surface area contributed by atoms with Crippen LogP contribution < -0.4 is 0 Å². The Morgan fingerprint density at radius 2 is 1.72 bits per heavy atom. The van der Waals surface area contributed by atoms with E-state index in [0.29, 0.717) is 0 Å². The second-order valence-corrected chi connectivity index (χ2v) is 6.90. The molecule has 1 saturated heterocycles. The smallest absolute Gasteiger partial charge is 0.253 e. The summed E-state index contributed by atoms with van der Waals surface area (Å²) in [5.74, 6) is 1.30. The van der Waals surface area contributed by atoms with Crippen LogP contribution in [-0.4, -0.2) is 58.0 Å². The Hall–Kier alpha value is -2.14. The molecule has 2 aromatic rings. The summed E-state index contributed by atoms with van der Waals surface area (Å²) in [4.78, 5) is 21.5. The molecule has 5 nitrogen and oxygen atoms in total. The zero-order valence-electron chi connectivity index (χ0n) is 15.5. The van der Waals surface area contributed by atoms with Crippen molar-refractivity contribution in [1.29, 1.82) is 0 Å². The molecule has 0 bridgehead atoms. The maximum atomic E-state index is 12.7. The van der Waals surface area contributed by atoms with E-state index in [1.165, 1.54) is 0 Å². The number of hydrogen-bond acceptors (Lipinski definition) is 3. The predicted molar refractivity (Wildman–Crippen MR) is 99.9 cm³/mol. The summed E-state index contributed by atoms with van der Waals surface area (Å²) in [7, 11) is 0. The third-order valence-electron chi connectivity index (χ3n) is 4.90. The van der Waals surface area contributed by atoms with Crippen LogP contribution in [0.3, 0.4) is 0 Å². The Bertz CT molecular complexity index is 709. The van der Waals surface area contributed by atoms with Crippen molar-refractivity contribution in [3.8, 4) is 0 Å². The van der Waals surface area contributed by atoms with Crippen molar-refractivity contribution in [2.75, 3.05) is 32.7 Å². The van der Waals surface area contributed by atoms with E-state index in [-0.39, 0.29) is 5.91 Å². The Morgan fingerprint density at radius 3 is 2.36 bits per heavy atom. The average Bonchev–Trinajstić information content (AvgIpc) is 3.06. The van der Waals surface area contributed by atoms with Gasteiger partial charge in [0, 0.05) is 63.6 Å².